The van der Waals surface area contributed by atoms with Gasteiger partial charge in [-0.15, -0.1) is 0 Å². The second-order valence-electron chi connectivity index (χ2n) is 6.65. The van der Waals surface area contributed by atoms with Gasteiger partial charge < -0.3 is 25.1 Å². The van der Waals surface area contributed by atoms with E-state index in [0.717, 1.165) is 41.5 Å². The maximum absolute atomic E-state index is 5.77. The van der Waals surface area contributed by atoms with E-state index in [1.807, 2.05) is 55.6 Å². The monoisotopic (exact) mass is 407 g/mol. The highest BCUT2D eigenvalue weighted by Gasteiger charge is 2.05. The first kappa shape index (κ1) is 21.4. The summed E-state index contributed by atoms with van der Waals surface area (Å²) in [7, 11) is 1.69. The molecule has 0 unspecified atom stereocenters. The summed E-state index contributed by atoms with van der Waals surface area (Å²) in [6.45, 7) is 4.54. The highest BCUT2D eigenvalue weighted by Crippen LogP contribution is 2.18. The molecule has 2 aromatic carbocycles. The van der Waals surface area contributed by atoms with Crippen LogP contribution in [0, 0.1) is 0 Å². The van der Waals surface area contributed by atoms with Crippen LogP contribution in [-0.2, 0) is 11.3 Å². The topological polar surface area (TPSA) is 83.6 Å². The molecule has 1 aromatic heterocycles. The van der Waals surface area contributed by atoms with Gasteiger partial charge in [0.15, 0.2) is 5.96 Å². The van der Waals surface area contributed by atoms with Crippen LogP contribution in [0.4, 0.5) is 5.69 Å². The molecule has 7 nitrogen and oxygen atoms in total. The summed E-state index contributed by atoms with van der Waals surface area (Å²) in [6.07, 6.45) is 2.69. The van der Waals surface area contributed by atoms with Gasteiger partial charge in [-0.05, 0) is 24.6 Å². The highest BCUT2D eigenvalue weighted by atomic mass is 16.5. The molecule has 0 aliphatic carbocycles. The predicted octanol–water partition coefficient (Wildman–Crippen LogP) is 4.07. The van der Waals surface area contributed by atoms with Gasteiger partial charge in [0.2, 0.25) is 0 Å². The molecule has 0 saturated carbocycles. The van der Waals surface area contributed by atoms with Crippen molar-refractivity contribution in [1.29, 1.82) is 0 Å². The zero-order valence-corrected chi connectivity index (χ0v) is 17.5. The predicted molar refractivity (Wildman–Crippen MR) is 121 cm³/mol. The van der Waals surface area contributed by atoms with E-state index in [4.69, 9.17) is 9.47 Å². The van der Waals surface area contributed by atoms with Crippen molar-refractivity contribution in [1.82, 2.24) is 15.3 Å². The summed E-state index contributed by atoms with van der Waals surface area (Å²) >= 11 is 0. The second-order valence-corrected chi connectivity index (χ2v) is 6.65. The van der Waals surface area contributed by atoms with Gasteiger partial charge >= 0.3 is 0 Å². The summed E-state index contributed by atoms with van der Waals surface area (Å²) in [5.74, 6) is 2.30. The average Bonchev–Trinajstić information content (AvgIpc) is 3.25. The first-order valence-corrected chi connectivity index (χ1v) is 10.1. The Labute approximate surface area is 177 Å². The number of aromatic amines is 1. The number of hydrogen-bond donors (Lipinski definition) is 3. The van der Waals surface area contributed by atoms with Gasteiger partial charge in [0.25, 0.3) is 0 Å². The van der Waals surface area contributed by atoms with E-state index in [0.29, 0.717) is 25.7 Å². The van der Waals surface area contributed by atoms with Gasteiger partial charge in [-0.3, -0.25) is 0 Å². The summed E-state index contributed by atoms with van der Waals surface area (Å²) < 4.78 is 10.8. The third kappa shape index (κ3) is 6.63. The van der Waals surface area contributed by atoms with Crippen LogP contribution < -0.4 is 15.4 Å². The van der Waals surface area contributed by atoms with Crippen molar-refractivity contribution in [2.45, 2.75) is 19.9 Å². The van der Waals surface area contributed by atoms with Crippen LogP contribution in [0.15, 0.2) is 65.8 Å². The zero-order valence-electron chi connectivity index (χ0n) is 17.5. The third-order valence-corrected chi connectivity index (χ3v) is 4.30. The molecule has 0 fully saturated rings. The number of guanidine groups is 1. The van der Waals surface area contributed by atoms with Gasteiger partial charge in [0.1, 0.15) is 18.1 Å². The lowest BCUT2D eigenvalue weighted by Crippen LogP contribution is -2.30. The number of aromatic nitrogens is 2. The minimum absolute atomic E-state index is 0.440. The molecule has 0 aliphatic heterocycles. The number of methoxy groups -OCH3 is 1. The van der Waals surface area contributed by atoms with E-state index in [1.54, 1.807) is 7.11 Å². The van der Waals surface area contributed by atoms with Gasteiger partial charge in [-0.2, -0.15) is 0 Å². The second kappa shape index (κ2) is 11.6. The summed E-state index contributed by atoms with van der Waals surface area (Å²) in [6, 6.07) is 18.0. The Morgan fingerprint density at radius 3 is 2.77 bits per heavy atom. The largest absolute Gasteiger partial charge is 0.493 e. The minimum Gasteiger partial charge on any atom is -0.493 e. The number of H-pyrrole nitrogens is 1. The molecular formula is C23H29N5O2. The molecule has 0 spiro atoms. The van der Waals surface area contributed by atoms with Crippen LogP contribution in [0.25, 0.3) is 11.3 Å². The van der Waals surface area contributed by atoms with Crippen molar-refractivity contribution in [2.24, 2.45) is 4.99 Å². The molecule has 3 N–H and O–H groups in total. The van der Waals surface area contributed by atoms with Crippen LogP contribution >= 0.6 is 0 Å². The van der Waals surface area contributed by atoms with Crippen molar-refractivity contribution in [3.8, 4) is 17.0 Å². The Kier molecular flexibility index (Phi) is 8.29. The molecule has 0 radical (unpaired) electrons. The lowest BCUT2D eigenvalue weighted by Gasteiger charge is -2.12. The number of aliphatic imine (C=N–C) groups is 1. The van der Waals surface area contributed by atoms with Crippen molar-refractivity contribution in [2.75, 3.05) is 32.2 Å². The van der Waals surface area contributed by atoms with E-state index >= 15 is 0 Å². The molecule has 0 bridgehead atoms. The van der Waals surface area contributed by atoms with Crippen molar-refractivity contribution in [3.63, 3.8) is 0 Å². The van der Waals surface area contributed by atoms with E-state index < -0.39 is 0 Å². The molecule has 7 heteroatoms. The standard InChI is InChI=1S/C23H29N5O2/c1-3-24-23(27-19-11-7-12-20(15-19)30-14-8-13-29-2)26-17-22-25-16-21(28-22)18-9-5-4-6-10-18/h4-7,9-12,15-16H,3,8,13-14,17H2,1-2H3,(H,25,28)(H2,24,26,27). The van der Waals surface area contributed by atoms with Crippen molar-refractivity contribution >= 4 is 11.6 Å². The Bertz CT molecular complexity index is 924. The summed E-state index contributed by atoms with van der Waals surface area (Å²) in [4.78, 5) is 12.4. The molecule has 30 heavy (non-hydrogen) atoms. The molecule has 0 saturated heterocycles. The fourth-order valence-electron chi connectivity index (χ4n) is 2.86. The van der Waals surface area contributed by atoms with Crippen LogP contribution in [0.2, 0.25) is 0 Å². The maximum Gasteiger partial charge on any atom is 0.196 e. The quantitative estimate of drug-likeness (QED) is 0.268. The van der Waals surface area contributed by atoms with Crippen LogP contribution in [0.5, 0.6) is 5.75 Å². The van der Waals surface area contributed by atoms with Crippen LogP contribution in [0.3, 0.4) is 0 Å². The number of benzene rings is 2. The Morgan fingerprint density at radius 2 is 1.97 bits per heavy atom. The lowest BCUT2D eigenvalue weighted by atomic mass is 10.2. The Balaban J connectivity index is 1.62. The number of hydrogen-bond acceptors (Lipinski definition) is 4. The Morgan fingerprint density at radius 1 is 1.10 bits per heavy atom. The molecule has 0 aliphatic rings. The van der Waals surface area contributed by atoms with Crippen molar-refractivity contribution < 1.29 is 9.47 Å². The highest BCUT2D eigenvalue weighted by molar-refractivity contribution is 5.93. The molecule has 158 valence electrons. The number of imidazole rings is 1. The number of nitrogens with one attached hydrogen (secondary N) is 3. The molecule has 3 rings (SSSR count). The van der Waals surface area contributed by atoms with Gasteiger partial charge in [0.05, 0.1) is 18.5 Å². The lowest BCUT2D eigenvalue weighted by molar-refractivity contribution is 0.172. The first-order valence-electron chi connectivity index (χ1n) is 10.1. The summed E-state index contributed by atoms with van der Waals surface area (Å²) in [5.41, 5.74) is 2.99. The SMILES string of the molecule is CCNC(=NCc1ncc(-c2ccccc2)[nH]1)Nc1cccc(OCCCOC)c1. The van der Waals surface area contributed by atoms with Crippen molar-refractivity contribution in [3.05, 3.63) is 66.6 Å². The Hall–Kier alpha value is -3.32. The van der Waals surface area contributed by atoms with Crippen LogP contribution in [-0.4, -0.2) is 42.8 Å². The first-order chi connectivity index (χ1) is 14.8. The van der Waals surface area contributed by atoms with Crippen LogP contribution in [0.1, 0.15) is 19.2 Å². The normalized spacial score (nSPS) is 11.3. The minimum atomic E-state index is 0.440. The smallest absolute Gasteiger partial charge is 0.196 e. The molecule has 0 amide bonds. The number of rotatable bonds is 10. The number of ether oxygens (including phenoxy) is 2. The van der Waals surface area contributed by atoms with Gasteiger partial charge in [-0.25, -0.2) is 9.98 Å². The van der Waals surface area contributed by atoms with E-state index in [9.17, 15) is 0 Å². The summed E-state index contributed by atoms with van der Waals surface area (Å²) in [5, 5.41) is 6.58. The fourth-order valence-corrected chi connectivity index (χ4v) is 2.86. The fraction of sp³-hybridized carbons (Fsp3) is 0.304. The van der Waals surface area contributed by atoms with Gasteiger partial charge in [-0.1, -0.05) is 36.4 Å². The maximum atomic E-state index is 5.77. The molecule has 1 heterocycles. The zero-order chi connectivity index (χ0) is 21.0. The van der Waals surface area contributed by atoms with E-state index in [1.165, 1.54) is 0 Å². The average molecular weight is 408 g/mol. The molecule has 0 atom stereocenters. The molecule has 3 aromatic rings. The van der Waals surface area contributed by atoms with E-state index in [-0.39, 0.29) is 0 Å². The number of nitrogens with zero attached hydrogens (tertiary/aromatic N) is 2. The number of anilines is 1. The molecular weight excluding hydrogens is 378 g/mol. The van der Waals surface area contributed by atoms with E-state index in [2.05, 4.69) is 37.7 Å². The van der Waals surface area contributed by atoms with Gasteiger partial charge in [0, 0.05) is 38.4 Å². The third-order valence-electron chi connectivity index (χ3n) is 4.30.